The molecule has 2 rings (SSSR count). The Kier molecular flexibility index (Phi) is 5.01. The minimum Gasteiger partial charge on any atom is -0.398 e. The van der Waals surface area contributed by atoms with Crippen LogP contribution in [0.3, 0.4) is 0 Å². The van der Waals surface area contributed by atoms with Crippen LogP contribution in [0.1, 0.15) is 38.7 Å². The molecule has 1 amide bonds. The Morgan fingerprint density at radius 2 is 2.15 bits per heavy atom. The SMILES string of the molecule is CCCN(Cc1ccccc1N)C(C)C(=O)NC1CC1. The fraction of sp³-hybridized carbons (Fsp3) is 0.562. The fourth-order valence-electron chi connectivity index (χ4n) is 2.31. The van der Waals surface area contributed by atoms with E-state index >= 15 is 0 Å². The fourth-order valence-corrected chi connectivity index (χ4v) is 2.31. The lowest BCUT2D eigenvalue weighted by molar-refractivity contribution is -0.126. The number of benzene rings is 1. The Morgan fingerprint density at radius 3 is 2.75 bits per heavy atom. The molecular formula is C16H25N3O. The van der Waals surface area contributed by atoms with E-state index in [1.807, 2.05) is 31.2 Å². The van der Waals surface area contributed by atoms with Crippen molar-refractivity contribution in [1.82, 2.24) is 10.2 Å². The molecule has 0 bridgehead atoms. The Morgan fingerprint density at radius 1 is 1.45 bits per heavy atom. The first-order valence-corrected chi connectivity index (χ1v) is 7.49. The number of hydrogen-bond acceptors (Lipinski definition) is 3. The molecule has 3 N–H and O–H groups in total. The molecule has 1 unspecified atom stereocenters. The monoisotopic (exact) mass is 275 g/mol. The Balaban J connectivity index is 2.01. The highest BCUT2D eigenvalue weighted by molar-refractivity contribution is 5.81. The quantitative estimate of drug-likeness (QED) is 0.750. The molecule has 1 aromatic carbocycles. The number of carbonyl (C=O) groups excluding carboxylic acids is 1. The lowest BCUT2D eigenvalue weighted by atomic mass is 10.1. The Labute approximate surface area is 121 Å². The van der Waals surface area contributed by atoms with Crippen molar-refractivity contribution in [3.05, 3.63) is 29.8 Å². The number of nitrogens with two attached hydrogens (primary N) is 1. The summed E-state index contributed by atoms with van der Waals surface area (Å²) in [5, 5.41) is 3.08. The van der Waals surface area contributed by atoms with Crippen molar-refractivity contribution < 1.29 is 4.79 Å². The van der Waals surface area contributed by atoms with Crippen LogP contribution in [0.5, 0.6) is 0 Å². The maximum Gasteiger partial charge on any atom is 0.237 e. The van der Waals surface area contributed by atoms with Crippen LogP contribution >= 0.6 is 0 Å². The lowest BCUT2D eigenvalue weighted by Gasteiger charge is -2.28. The number of carbonyl (C=O) groups is 1. The summed E-state index contributed by atoms with van der Waals surface area (Å²) in [7, 11) is 0. The topological polar surface area (TPSA) is 58.4 Å². The number of hydrogen-bond donors (Lipinski definition) is 2. The van der Waals surface area contributed by atoms with Crippen molar-refractivity contribution in [2.45, 2.75) is 51.7 Å². The van der Waals surface area contributed by atoms with Gasteiger partial charge in [-0.1, -0.05) is 25.1 Å². The van der Waals surface area contributed by atoms with Crippen molar-refractivity contribution >= 4 is 11.6 Å². The molecule has 0 radical (unpaired) electrons. The highest BCUT2D eigenvalue weighted by Gasteiger charge is 2.28. The summed E-state index contributed by atoms with van der Waals surface area (Å²) >= 11 is 0. The van der Waals surface area contributed by atoms with Crippen LogP contribution in [0.4, 0.5) is 5.69 Å². The number of para-hydroxylation sites is 1. The van der Waals surface area contributed by atoms with Crippen molar-refractivity contribution in [2.24, 2.45) is 0 Å². The highest BCUT2D eigenvalue weighted by Crippen LogP contribution is 2.20. The van der Waals surface area contributed by atoms with E-state index in [1.165, 1.54) is 0 Å². The summed E-state index contributed by atoms with van der Waals surface area (Å²) < 4.78 is 0. The molecule has 0 saturated heterocycles. The van der Waals surface area contributed by atoms with Gasteiger partial charge in [-0.15, -0.1) is 0 Å². The van der Waals surface area contributed by atoms with E-state index < -0.39 is 0 Å². The van der Waals surface area contributed by atoms with Crippen molar-refractivity contribution in [3.63, 3.8) is 0 Å². The van der Waals surface area contributed by atoms with Crippen LogP contribution < -0.4 is 11.1 Å². The third-order valence-corrected chi connectivity index (χ3v) is 3.79. The smallest absolute Gasteiger partial charge is 0.237 e. The van der Waals surface area contributed by atoms with Gasteiger partial charge in [0.05, 0.1) is 6.04 Å². The number of nitrogens with one attached hydrogen (secondary N) is 1. The molecule has 0 spiro atoms. The van der Waals surface area contributed by atoms with Gasteiger partial charge in [-0.05, 0) is 44.4 Å². The summed E-state index contributed by atoms with van der Waals surface area (Å²) in [6.45, 7) is 5.73. The number of anilines is 1. The summed E-state index contributed by atoms with van der Waals surface area (Å²) in [4.78, 5) is 14.4. The van der Waals surface area contributed by atoms with E-state index in [-0.39, 0.29) is 11.9 Å². The van der Waals surface area contributed by atoms with Crippen molar-refractivity contribution in [3.8, 4) is 0 Å². The molecule has 1 saturated carbocycles. The number of nitrogen functional groups attached to an aromatic ring is 1. The molecule has 4 heteroatoms. The van der Waals surface area contributed by atoms with Gasteiger partial charge in [-0.25, -0.2) is 0 Å². The van der Waals surface area contributed by atoms with Crippen LogP contribution in [-0.4, -0.2) is 29.4 Å². The van der Waals surface area contributed by atoms with Crippen LogP contribution in [-0.2, 0) is 11.3 Å². The molecule has 0 aliphatic heterocycles. The summed E-state index contributed by atoms with van der Waals surface area (Å²) in [6.07, 6.45) is 3.27. The van der Waals surface area contributed by atoms with Gasteiger partial charge < -0.3 is 11.1 Å². The van der Waals surface area contributed by atoms with Gasteiger partial charge in [0.2, 0.25) is 5.91 Å². The van der Waals surface area contributed by atoms with Crippen LogP contribution in [0, 0.1) is 0 Å². The average Bonchev–Trinajstić information content (AvgIpc) is 3.23. The molecule has 1 atom stereocenters. The zero-order valence-corrected chi connectivity index (χ0v) is 12.4. The van der Waals surface area contributed by atoms with Gasteiger partial charge in [-0.2, -0.15) is 0 Å². The summed E-state index contributed by atoms with van der Waals surface area (Å²) in [6, 6.07) is 8.17. The maximum absolute atomic E-state index is 12.2. The second kappa shape index (κ2) is 6.75. The van der Waals surface area contributed by atoms with Crippen molar-refractivity contribution in [2.75, 3.05) is 12.3 Å². The molecule has 1 fully saturated rings. The first-order valence-electron chi connectivity index (χ1n) is 7.49. The van der Waals surface area contributed by atoms with E-state index in [2.05, 4.69) is 17.1 Å². The normalized spacial score (nSPS) is 16.1. The van der Waals surface area contributed by atoms with Crippen LogP contribution in [0.25, 0.3) is 0 Å². The van der Waals surface area contributed by atoms with E-state index in [4.69, 9.17) is 5.73 Å². The van der Waals surface area contributed by atoms with Crippen molar-refractivity contribution in [1.29, 1.82) is 0 Å². The third kappa shape index (κ3) is 3.97. The second-order valence-corrected chi connectivity index (χ2v) is 5.63. The van der Waals surface area contributed by atoms with E-state index in [0.29, 0.717) is 6.04 Å². The van der Waals surface area contributed by atoms with E-state index in [0.717, 1.165) is 43.6 Å². The Hall–Kier alpha value is -1.55. The van der Waals surface area contributed by atoms with Gasteiger partial charge in [0.1, 0.15) is 0 Å². The largest absolute Gasteiger partial charge is 0.398 e. The van der Waals surface area contributed by atoms with Crippen LogP contribution in [0.2, 0.25) is 0 Å². The van der Waals surface area contributed by atoms with Gasteiger partial charge in [-0.3, -0.25) is 9.69 Å². The minimum absolute atomic E-state index is 0.116. The van der Waals surface area contributed by atoms with E-state index in [9.17, 15) is 4.79 Å². The zero-order valence-electron chi connectivity index (χ0n) is 12.4. The first-order chi connectivity index (χ1) is 9.61. The minimum atomic E-state index is -0.116. The average molecular weight is 275 g/mol. The highest BCUT2D eigenvalue weighted by atomic mass is 16.2. The molecule has 0 aromatic heterocycles. The van der Waals surface area contributed by atoms with Gasteiger partial charge in [0.15, 0.2) is 0 Å². The first kappa shape index (κ1) is 14.9. The molecule has 1 aliphatic carbocycles. The lowest BCUT2D eigenvalue weighted by Crippen LogP contribution is -2.45. The van der Waals surface area contributed by atoms with E-state index in [1.54, 1.807) is 0 Å². The van der Waals surface area contributed by atoms with Gasteiger partial charge in [0.25, 0.3) is 0 Å². The Bertz CT molecular complexity index is 457. The zero-order chi connectivity index (χ0) is 14.5. The van der Waals surface area contributed by atoms with Crippen LogP contribution in [0.15, 0.2) is 24.3 Å². The molecule has 110 valence electrons. The molecular weight excluding hydrogens is 250 g/mol. The molecule has 1 aromatic rings. The van der Waals surface area contributed by atoms with Gasteiger partial charge >= 0.3 is 0 Å². The standard InChI is InChI=1S/C16H25N3O/c1-3-10-19(11-13-6-4-5-7-15(13)17)12(2)16(20)18-14-8-9-14/h4-7,12,14H,3,8-11,17H2,1-2H3,(H,18,20). The molecule has 0 heterocycles. The number of rotatable bonds is 7. The third-order valence-electron chi connectivity index (χ3n) is 3.79. The summed E-state index contributed by atoms with van der Waals surface area (Å²) in [5.41, 5.74) is 7.89. The summed E-state index contributed by atoms with van der Waals surface area (Å²) in [5.74, 6) is 0.135. The molecule has 4 nitrogen and oxygen atoms in total. The second-order valence-electron chi connectivity index (χ2n) is 5.63. The number of amides is 1. The molecule has 1 aliphatic rings. The maximum atomic E-state index is 12.2. The predicted molar refractivity (Wildman–Crippen MR) is 82.2 cm³/mol. The molecule has 20 heavy (non-hydrogen) atoms. The van der Waals surface area contributed by atoms with Gasteiger partial charge in [0, 0.05) is 18.3 Å². The predicted octanol–water partition coefficient (Wildman–Crippen LogP) is 2.15. The number of nitrogens with zero attached hydrogens (tertiary/aromatic N) is 1.